The summed E-state index contributed by atoms with van der Waals surface area (Å²) in [7, 11) is 5.43. The number of rotatable bonds is 1. The van der Waals surface area contributed by atoms with Crippen molar-refractivity contribution in [2.24, 2.45) is 0 Å². The van der Waals surface area contributed by atoms with Crippen molar-refractivity contribution in [2.75, 3.05) is 0 Å². The summed E-state index contributed by atoms with van der Waals surface area (Å²) in [5.74, 6) is 0. The first-order valence-electron chi connectivity index (χ1n) is 1.47. The van der Waals surface area contributed by atoms with Gasteiger partial charge in [0.2, 0.25) is 0 Å². The van der Waals surface area contributed by atoms with Gasteiger partial charge >= 0.3 is 53.0 Å². The zero-order valence-electron chi connectivity index (χ0n) is 3.04. The second-order valence-corrected chi connectivity index (χ2v) is 12.4. The van der Waals surface area contributed by atoms with Crippen LogP contribution >= 0.6 is 19.9 Å². The van der Waals surface area contributed by atoms with Crippen LogP contribution < -0.4 is 0 Å². The van der Waals surface area contributed by atoms with Gasteiger partial charge in [0.25, 0.3) is 0 Å². The molecule has 0 amide bonds. The van der Waals surface area contributed by atoms with Crippen LogP contribution in [0.4, 0.5) is 0 Å². The van der Waals surface area contributed by atoms with Gasteiger partial charge in [0, 0.05) is 0 Å². The van der Waals surface area contributed by atoms with Crippen LogP contribution in [0, 0.1) is 0 Å². The molecule has 0 spiro atoms. The molecule has 0 saturated carbocycles. The second-order valence-electron chi connectivity index (χ2n) is 0.935. The van der Waals surface area contributed by atoms with E-state index in [1.165, 1.54) is 0 Å². The fourth-order valence-corrected chi connectivity index (χ4v) is 0. The van der Waals surface area contributed by atoms with Gasteiger partial charge in [-0.2, -0.15) is 0 Å². The quantitative estimate of drug-likeness (QED) is 0.512. The average molecular weight is 300 g/mol. The Balaban J connectivity index is 2.54. The van der Waals surface area contributed by atoms with Crippen LogP contribution in [0.3, 0.4) is 0 Å². The molecule has 1 unspecified atom stereocenters. The molecule has 0 N–H and O–H groups in total. The van der Waals surface area contributed by atoms with Gasteiger partial charge in [-0.1, -0.05) is 0 Å². The molecule has 5 heavy (non-hydrogen) atoms. The maximum absolute atomic E-state index is 5.43. The van der Waals surface area contributed by atoms with E-state index in [1.807, 2.05) is 6.92 Å². The fourth-order valence-electron chi connectivity index (χ4n) is 0. The molecule has 0 aromatic carbocycles. The Hall–Kier alpha value is 1.52. The molecule has 0 aromatic heterocycles. The summed E-state index contributed by atoms with van der Waals surface area (Å²) in [6, 6.07) is 0. The molecule has 0 heterocycles. The molecule has 0 aromatic rings. The van der Waals surface area contributed by atoms with Crippen molar-refractivity contribution in [2.45, 2.75) is 9.81 Å². The van der Waals surface area contributed by atoms with E-state index in [9.17, 15) is 0 Å². The van der Waals surface area contributed by atoms with Crippen LogP contribution in [0.5, 0.6) is 0 Å². The Labute approximate surface area is 52.7 Å². The van der Waals surface area contributed by atoms with Gasteiger partial charge in [0.15, 0.2) is 0 Å². The zero-order chi connectivity index (χ0) is 4.28. The van der Waals surface area contributed by atoms with Crippen LogP contribution in [-0.2, 0) is 23.3 Å². The molecule has 0 fully saturated rings. The minimum absolute atomic E-state index is 0.344. The molecule has 0 aliphatic carbocycles. The van der Waals surface area contributed by atoms with Gasteiger partial charge in [-0.05, 0) is 0 Å². The first-order valence-corrected chi connectivity index (χ1v) is 11.8. The molecule has 28 valence electrons. The minimum atomic E-state index is -0.988. The van der Waals surface area contributed by atoms with E-state index in [4.69, 9.17) is 19.9 Å². The molecule has 0 aliphatic heterocycles. The fraction of sp³-hybridized carbons (Fsp3) is 1.00. The van der Waals surface area contributed by atoms with E-state index in [0.29, 0.717) is 2.89 Å². The van der Waals surface area contributed by atoms with Crippen LogP contribution in [0.2, 0.25) is 0 Å². The summed E-state index contributed by atoms with van der Waals surface area (Å²) >= 11 is 4.44. The standard InChI is InChI=1S/C2H4Cl.ClH.Hg/c1-2-3;;/h2H,1H3;1H;/q;;+1/p-1. The molecular weight excluding hydrogens is 296 g/mol. The first-order chi connectivity index (χ1) is 2.27. The Kier molecular flexibility index (Phi) is 4.82. The molecule has 0 radical (unpaired) electrons. The predicted molar refractivity (Wildman–Crippen MR) is 21.2 cm³/mol. The van der Waals surface area contributed by atoms with Crippen molar-refractivity contribution >= 4 is 19.9 Å². The Morgan fingerprint density at radius 2 is 2.00 bits per heavy atom. The second kappa shape index (κ2) is 3.70. The third-order valence-electron chi connectivity index (χ3n) is 0.213. The summed E-state index contributed by atoms with van der Waals surface area (Å²) in [5.41, 5.74) is 0. The van der Waals surface area contributed by atoms with Crippen molar-refractivity contribution < 1.29 is 23.3 Å². The van der Waals surface area contributed by atoms with Crippen LogP contribution in [0.15, 0.2) is 0 Å². The number of halogens is 2. The molecule has 0 nitrogen and oxygen atoms in total. The van der Waals surface area contributed by atoms with Crippen LogP contribution in [0.1, 0.15) is 6.92 Å². The molecule has 0 rings (SSSR count). The van der Waals surface area contributed by atoms with E-state index in [2.05, 4.69) is 0 Å². The van der Waals surface area contributed by atoms with Crippen molar-refractivity contribution in [3.05, 3.63) is 0 Å². The Morgan fingerprint density at radius 1 is 1.80 bits per heavy atom. The molecule has 0 bridgehead atoms. The Morgan fingerprint density at radius 3 is 2.00 bits per heavy atom. The third-order valence-corrected chi connectivity index (χ3v) is 8.67. The van der Waals surface area contributed by atoms with Crippen molar-refractivity contribution in [3.8, 4) is 0 Å². The topological polar surface area (TPSA) is 0 Å². The monoisotopic (exact) mass is 300 g/mol. The summed E-state index contributed by atoms with van der Waals surface area (Å²) in [5, 5.41) is 0. The number of hydrogen-bond acceptors (Lipinski definition) is 0. The summed E-state index contributed by atoms with van der Waals surface area (Å²) in [6.45, 7) is 1.95. The molecule has 0 saturated heterocycles. The SMILES string of the molecule is C[CH](Cl)[Hg][Cl]. The summed E-state index contributed by atoms with van der Waals surface area (Å²) < 4.78 is 0.344. The molecule has 0 aliphatic rings. The molecular formula is C2H4Cl2Hg. The van der Waals surface area contributed by atoms with Crippen molar-refractivity contribution in [1.82, 2.24) is 0 Å². The van der Waals surface area contributed by atoms with Gasteiger partial charge in [-0.25, -0.2) is 0 Å². The van der Waals surface area contributed by atoms with Gasteiger partial charge in [0.05, 0.1) is 0 Å². The van der Waals surface area contributed by atoms with Crippen LogP contribution in [-0.4, -0.2) is 2.89 Å². The van der Waals surface area contributed by atoms with E-state index < -0.39 is 23.3 Å². The van der Waals surface area contributed by atoms with Gasteiger partial charge in [0.1, 0.15) is 0 Å². The summed E-state index contributed by atoms with van der Waals surface area (Å²) in [4.78, 5) is 0. The predicted octanol–water partition coefficient (Wildman–Crippen LogP) is 1.81. The molecule has 1 atom stereocenters. The first kappa shape index (κ1) is 6.52. The van der Waals surface area contributed by atoms with Gasteiger partial charge in [-0.15, -0.1) is 0 Å². The number of alkyl halides is 1. The number of hydrogen-bond donors (Lipinski definition) is 0. The van der Waals surface area contributed by atoms with Gasteiger partial charge < -0.3 is 0 Å². The average Bonchev–Trinajstić information content (AvgIpc) is 1.38. The molecule has 3 heteroatoms. The van der Waals surface area contributed by atoms with E-state index in [1.54, 1.807) is 0 Å². The maximum atomic E-state index is 5.43. The normalized spacial score (nSPS) is 13.4. The third kappa shape index (κ3) is 5.52. The van der Waals surface area contributed by atoms with E-state index in [0.717, 1.165) is 0 Å². The van der Waals surface area contributed by atoms with Crippen LogP contribution in [0.25, 0.3) is 0 Å². The van der Waals surface area contributed by atoms with E-state index in [-0.39, 0.29) is 0 Å². The van der Waals surface area contributed by atoms with E-state index >= 15 is 0 Å². The Bertz CT molecular complexity index is 21.6. The summed E-state index contributed by atoms with van der Waals surface area (Å²) in [6.07, 6.45) is 0. The zero-order valence-corrected chi connectivity index (χ0v) is 10.0. The van der Waals surface area contributed by atoms with Crippen molar-refractivity contribution in [3.63, 3.8) is 0 Å². The van der Waals surface area contributed by atoms with Gasteiger partial charge in [-0.3, -0.25) is 0 Å². The van der Waals surface area contributed by atoms with Crippen molar-refractivity contribution in [1.29, 1.82) is 0 Å².